The molecule has 0 bridgehead atoms. The summed E-state index contributed by atoms with van der Waals surface area (Å²) in [7, 11) is 0. The molecule has 2 heterocycles. The highest BCUT2D eigenvalue weighted by molar-refractivity contribution is 6.33. The summed E-state index contributed by atoms with van der Waals surface area (Å²) in [6.07, 6.45) is 5.30. The molecule has 1 saturated heterocycles. The SMILES string of the molecule is O=C(OCC(=O)N1CCCCCCC1)c1ccc(-c2ccc([N+](=O)[O-])cc2Cl)o1. The van der Waals surface area contributed by atoms with E-state index in [0.29, 0.717) is 18.7 Å². The molecule has 2 aromatic rings. The van der Waals surface area contributed by atoms with E-state index in [1.807, 2.05) is 0 Å². The zero-order chi connectivity index (χ0) is 20.8. The number of non-ortho nitro benzene ring substituents is 1. The minimum atomic E-state index is -0.755. The molecule has 0 atom stereocenters. The Kier molecular flexibility index (Phi) is 6.87. The Balaban J connectivity index is 1.60. The van der Waals surface area contributed by atoms with Gasteiger partial charge in [0, 0.05) is 30.8 Å². The third kappa shape index (κ3) is 5.35. The Labute approximate surface area is 172 Å². The van der Waals surface area contributed by atoms with Crippen LogP contribution in [0.25, 0.3) is 11.3 Å². The van der Waals surface area contributed by atoms with Crippen LogP contribution in [0.1, 0.15) is 42.7 Å². The Bertz CT molecular complexity index is 902. The number of likely N-dealkylation sites (tertiary alicyclic amines) is 1. The second kappa shape index (κ2) is 9.56. The van der Waals surface area contributed by atoms with E-state index in [2.05, 4.69) is 0 Å². The van der Waals surface area contributed by atoms with Crippen LogP contribution >= 0.6 is 11.6 Å². The summed E-state index contributed by atoms with van der Waals surface area (Å²) in [5.74, 6) is -0.776. The van der Waals surface area contributed by atoms with Crippen molar-refractivity contribution >= 4 is 29.2 Å². The minimum Gasteiger partial charge on any atom is -0.450 e. The number of amides is 1. The number of nitro groups is 1. The van der Waals surface area contributed by atoms with Crippen LogP contribution in [0.3, 0.4) is 0 Å². The van der Waals surface area contributed by atoms with Crippen molar-refractivity contribution in [1.29, 1.82) is 0 Å². The van der Waals surface area contributed by atoms with Gasteiger partial charge < -0.3 is 14.1 Å². The van der Waals surface area contributed by atoms with Gasteiger partial charge in [0.2, 0.25) is 5.76 Å². The lowest BCUT2D eigenvalue weighted by atomic mass is 10.1. The van der Waals surface area contributed by atoms with Crippen molar-refractivity contribution in [2.24, 2.45) is 0 Å². The second-order valence-electron chi connectivity index (χ2n) is 6.81. The van der Waals surface area contributed by atoms with Crippen molar-refractivity contribution in [2.45, 2.75) is 32.1 Å². The quantitative estimate of drug-likeness (QED) is 0.402. The molecule has 0 N–H and O–H groups in total. The average molecular weight is 421 g/mol. The first kappa shape index (κ1) is 20.9. The second-order valence-corrected chi connectivity index (χ2v) is 7.22. The van der Waals surface area contributed by atoms with E-state index >= 15 is 0 Å². The van der Waals surface area contributed by atoms with Crippen LogP contribution in [0.4, 0.5) is 5.69 Å². The molecule has 8 nitrogen and oxygen atoms in total. The minimum absolute atomic E-state index is 0.0742. The van der Waals surface area contributed by atoms with Crippen molar-refractivity contribution in [3.05, 3.63) is 51.2 Å². The number of hydrogen-bond donors (Lipinski definition) is 0. The summed E-state index contributed by atoms with van der Waals surface area (Å²) in [6.45, 7) is 1.02. The van der Waals surface area contributed by atoms with Gasteiger partial charge in [-0.1, -0.05) is 30.9 Å². The first-order valence-electron chi connectivity index (χ1n) is 9.45. The number of nitro benzene ring substituents is 1. The van der Waals surface area contributed by atoms with Gasteiger partial charge in [-0.15, -0.1) is 0 Å². The Morgan fingerprint density at radius 3 is 2.45 bits per heavy atom. The number of halogens is 1. The van der Waals surface area contributed by atoms with E-state index in [0.717, 1.165) is 25.7 Å². The van der Waals surface area contributed by atoms with Crippen LogP contribution in [0, 0.1) is 10.1 Å². The Morgan fingerprint density at radius 2 is 1.79 bits per heavy atom. The number of carbonyl (C=O) groups is 2. The molecule has 1 aliphatic heterocycles. The summed E-state index contributed by atoms with van der Waals surface area (Å²) in [6, 6.07) is 6.88. The maximum absolute atomic E-state index is 12.3. The summed E-state index contributed by atoms with van der Waals surface area (Å²) < 4.78 is 10.6. The van der Waals surface area contributed by atoms with E-state index in [-0.39, 0.29) is 34.7 Å². The average Bonchev–Trinajstić information content (AvgIpc) is 3.15. The Hall–Kier alpha value is -2.87. The molecule has 1 amide bonds. The molecule has 1 aromatic heterocycles. The maximum atomic E-state index is 12.3. The maximum Gasteiger partial charge on any atom is 0.374 e. The predicted molar refractivity (Wildman–Crippen MR) is 106 cm³/mol. The number of furan rings is 1. The van der Waals surface area contributed by atoms with Gasteiger partial charge in [0.25, 0.3) is 11.6 Å². The summed E-state index contributed by atoms with van der Waals surface area (Å²) >= 11 is 6.08. The van der Waals surface area contributed by atoms with Gasteiger partial charge in [-0.3, -0.25) is 14.9 Å². The number of esters is 1. The standard InChI is InChI=1S/C20H21ClN2O6/c21-16-12-14(23(26)27)6-7-15(16)17-8-9-18(29-17)20(25)28-13-19(24)22-10-4-2-1-3-5-11-22/h6-9,12H,1-5,10-11,13H2. The molecule has 1 aromatic carbocycles. The van der Waals surface area contributed by atoms with Gasteiger partial charge in [0.05, 0.1) is 9.95 Å². The number of rotatable bonds is 5. The smallest absolute Gasteiger partial charge is 0.374 e. The van der Waals surface area contributed by atoms with Crippen molar-refractivity contribution in [2.75, 3.05) is 19.7 Å². The van der Waals surface area contributed by atoms with Gasteiger partial charge in [0.15, 0.2) is 6.61 Å². The molecule has 1 aliphatic rings. The molecule has 3 rings (SSSR count). The zero-order valence-electron chi connectivity index (χ0n) is 15.8. The molecule has 9 heteroatoms. The first-order chi connectivity index (χ1) is 14.0. The number of carbonyl (C=O) groups excluding carboxylic acids is 2. The van der Waals surface area contributed by atoms with E-state index in [1.165, 1.54) is 36.8 Å². The molecule has 0 unspecified atom stereocenters. The van der Waals surface area contributed by atoms with Crippen molar-refractivity contribution < 1.29 is 23.7 Å². The van der Waals surface area contributed by atoms with E-state index in [4.69, 9.17) is 20.8 Å². The van der Waals surface area contributed by atoms with Crippen LogP contribution in [0.15, 0.2) is 34.7 Å². The van der Waals surface area contributed by atoms with Crippen molar-refractivity contribution in [3.63, 3.8) is 0 Å². The molecule has 29 heavy (non-hydrogen) atoms. The van der Waals surface area contributed by atoms with Gasteiger partial charge in [0.1, 0.15) is 5.76 Å². The highest BCUT2D eigenvalue weighted by Crippen LogP contribution is 2.32. The van der Waals surface area contributed by atoms with Gasteiger partial charge in [-0.2, -0.15) is 0 Å². The Morgan fingerprint density at radius 1 is 1.10 bits per heavy atom. The zero-order valence-corrected chi connectivity index (χ0v) is 16.5. The molecular weight excluding hydrogens is 400 g/mol. The molecule has 0 saturated carbocycles. The van der Waals surface area contributed by atoms with Gasteiger partial charge >= 0.3 is 5.97 Å². The highest BCUT2D eigenvalue weighted by Gasteiger charge is 2.20. The molecular formula is C20H21ClN2O6. The largest absolute Gasteiger partial charge is 0.450 e. The van der Waals surface area contributed by atoms with E-state index in [1.54, 1.807) is 4.90 Å². The number of ether oxygens (including phenoxy) is 1. The number of hydrogen-bond acceptors (Lipinski definition) is 6. The lowest BCUT2D eigenvalue weighted by Gasteiger charge is -2.24. The third-order valence-electron chi connectivity index (χ3n) is 4.77. The molecule has 0 spiro atoms. The van der Waals surface area contributed by atoms with Crippen LogP contribution in [0.5, 0.6) is 0 Å². The number of benzene rings is 1. The van der Waals surface area contributed by atoms with Crippen LogP contribution in [0.2, 0.25) is 5.02 Å². The summed E-state index contributed by atoms with van der Waals surface area (Å²) in [5, 5.41) is 10.9. The molecule has 0 radical (unpaired) electrons. The molecule has 0 aliphatic carbocycles. The summed E-state index contributed by atoms with van der Waals surface area (Å²) in [5.41, 5.74) is 0.265. The van der Waals surface area contributed by atoms with Gasteiger partial charge in [-0.25, -0.2) is 4.79 Å². The van der Waals surface area contributed by atoms with Crippen molar-refractivity contribution in [3.8, 4) is 11.3 Å². The molecule has 154 valence electrons. The first-order valence-corrected chi connectivity index (χ1v) is 9.82. The van der Waals surface area contributed by atoms with Crippen LogP contribution in [-0.2, 0) is 9.53 Å². The van der Waals surface area contributed by atoms with E-state index < -0.39 is 10.9 Å². The summed E-state index contributed by atoms with van der Waals surface area (Å²) in [4.78, 5) is 36.5. The van der Waals surface area contributed by atoms with Crippen LogP contribution < -0.4 is 0 Å². The van der Waals surface area contributed by atoms with Crippen LogP contribution in [-0.4, -0.2) is 41.4 Å². The molecule has 1 fully saturated rings. The highest BCUT2D eigenvalue weighted by atomic mass is 35.5. The third-order valence-corrected chi connectivity index (χ3v) is 5.08. The van der Waals surface area contributed by atoms with Gasteiger partial charge in [-0.05, 0) is 31.0 Å². The van der Waals surface area contributed by atoms with Crippen molar-refractivity contribution in [1.82, 2.24) is 4.90 Å². The topological polar surface area (TPSA) is 103 Å². The monoisotopic (exact) mass is 420 g/mol. The lowest BCUT2D eigenvalue weighted by Crippen LogP contribution is -2.36. The fourth-order valence-corrected chi connectivity index (χ4v) is 3.46. The van der Waals surface area contributed by atoms with E-state index in [9.17, 15) is 19.7 Å². The predicted octanol–water partition coefficient (Wildman–Crippen LogP) is 4.46. The normalized spacial score (nSPS) is 14.7. The lowest BCUT2D eigenvalue weighted by molar-refractivity contribution is -0.384. The fraction of sp³-hybridized carbons (Fsp3) is 0.400. The number of nitrogens with zero attached hydrogens (tertiary/aromatic N) is 2. The fourth-order valence-electron chi connectivity index (χ4n) is 3.20.